The number of aromatic carboxylic acids is 1. The minimum atomic E-state index is -0.898. The summed E-state index contributed by atoms with van der Waals surface area (Å²) in [6.45, 7) is 2.06. The molecule has 0 heterocycles. The first kappa shape index (κ1) is 12.4. The molecule has 0 saturated heterocycles. The monoisotopic (exact) mass is 262 g/mol. The van der Waals surface area contributed by atoms with Crippen LogP contribution in [0.2, 0.25) is 0 Å². The molecule has 2 heteroatoms. The molecule has 20 heavy (non-hydrogen) atoms. The lowest BCUT2D eigenvalue weighted by Gasteiger charge is -2.11. The van der Waals surface area contributed by atoms with Crippen molar-refractivity contribution < 1.29 is 9.90 Å². The Labute approximate surface area is 117 Å². The second-order valence-electron chi connectivity index (χ2n) is 4.83. The van der Waals surface area contributed by atoms with Crippen molar-refractivity contribution in [1.29, 1.82) is 0 Å². The summed E-state index contributed by atoms with van der Waals surface area (Å²) in [6, 6.07) is 19.3. The van der Waals surface area contributed by atoms with E-state index in [4.69, 9.17) is 0 Å². The summed E-state index contributed by atoms with van der Waals surface area (Å²) in [6.07, 6.45) is 0. The molecule has 98 valence electrons. The summed E-state index contributed by atoms with van der Waals surface area (Å²) >= 11 is 0. The normalized spacial score (nSPS) is 10.7. The third-order valence-corrected chi connectivity index (χ3v) is 3.59. The Hall–Kier alpha value is -2.61. The van der Waals surface area contributed by atoms with Crippen molar-refractivity contribution >= 4 is 16.7 Å². The van der Waals surface area contributed by atoms with E-state index in [1.807, 2.05) is 42.5 Å². The number of carbonyl (C=O) groups is 1. The highest BCUT2D eigenvalue weighted by molar-refractivity contribution is 6.04. The van der Waals surface area contributed by atoms with Crippen molar-refractivity contribution in [3.8, 4) is 11.1 Å². The molecule has 0 aliphatic rings. The van der Waals surface area contributed by atoms with Gasteiger partial charge in [0.25, 0.3) is 0 Å². The van der Waals surface area contributed by atoms with Crippen LogP contribution in [0.3, 0.4) is 0 Å². The molecule has 0 amide bonds. The molecule has 0 radical (unpaired) electrons. The van der Waals surface area contributed by atoms with Gasteiger partial charge in [-0.2, -0.15) is 0 Å². The zero-order valence-electron chi connectivity index (χ0n) is 11.1. The van der Waals surface area contributed by atoms with Crippen LogP contribution in [0.25, 0.3) is 21.9 Å². The highest BCUT2D eigenvalue weighted by atomic mass is 16.4. The summed E-state index contributed by atoms with van der Waals surface area (Å²) < 4.78 is 0. The minimum absolute atomic E-state index is 0.335. The summed E-state index contributed by atoms with van der Waals surface area (Å²) in [7, 11) is 0. The largest absolute Gasteiger partial charge is 0.478 e. The maximum absolute atomic E-state index is 11.4. The number of hydrogen-bond acceptors (Lipinski definition) is 1. The van der Waals surface area contributed by atoms with Gasteiger partial charge in [-0.05, 0) is 40.5 Å². The van der Waals surface area contributed by atoms with Crippen molar-refractivity contribution in [2.45, 2.75) is 6.92 Å². The molecule has 0 unspecified atom stereocenters. The molecule has 0 aromatic heterocycles. The molecule has 0 bridgehead atoms. The molecule has 3 rings (SSSR count). The Morgan fingerprint density at radius 1 is 0.800 bits per heavy atom. The van der Waals surface area contributed by atoms with Gasteiger partial charge in [-0.15, -0.1) is 0 Å². The molecule has 0 saturated carbocycles. The van der Waals surface area contributed by atoms with Gasteiger partial charge in [0.05, 0.1) is 5.56 Å². The van der Waals surface area contributed by atoms with Crippen LogP contribution in [0.5, 0.6) is 0 Å². The fourth-order valence-corrected chi connectivity index (χ4v) is 2.59. The van der Waals surface area contributed by atoms with E-state index >= 15 is 0 Å². The average molecular weight is 262 g/mol. The van der Waals surface area contributed by atoms with Crippen molar-refractivity contribution in [3.05, 3.63) is 71.8 Å². The van der Waals surface area contributed by atoms with Crippen molar-refractivity contribution in [2.24, 2.45) is 0 Å². The molecule has 1 N–H and O–H groups in total. The molecule has 0 aliphatic carbocycles. The molecule has 0 fully saturated rings. The maximum atomic E-state index is 11.4. The van der Waals surface area contributed by atoms with Crippen LogP contribution in [-0.4, -0.2) is 11.1 Å². The van der Waals surface area contributed by atoms with Crippen LogP contribution in [-0.2, 0) is 0 Å². The summed E-state index contributed by atoms with van der Waals surface area (Å²) in [4.78, 5) is 11.4. The first-order chi connectivity index (χ1) is 9.68. The molecule has 3 aromatic carbocycles. The van der Waals surface area contributed by atoms with Crippen molar-refractivity contribution in [1.82, 2.24) is 0 Å². The molecular formula is C18H14O2. The Morgan fingerprint density at radius 3 is 2.20 bits per heavy atom. The molecule has 0 aliphatic heterocycles. The van der Waals surface area contributed by atoms with Crippen LogP contribution in [0.4, 0.5) is 0 Å². The highest BCUT2D eigenvalue weighted by Gasteiger charge is 2.13. The molecule has 2 nitrogen and oxygen atoms in total. The van der Waals surface area contributed by atoms with E-state index in [2.05, 4.69) is 13.0 Å². The lowest BCUT2D eigenvalue weighted by atomic mass is 9.93. The number of fused-ring (bicyclic) bond motifs is 1. The van der Waals surface area contributed by atoms with Crippen LogP contribution < -0.4 is 0 Å². The van der Waals surface area contributed by atoms with E-state index in [1.54, 1.807) is 12.1 Å². The molecular weight excluding hydrogens is 248 g/mol. The Balaban J connectivity index is 2.37. The van der Waals surface area contributed by atoms with Gasteiger partial charge in [0.1, 0.15) is 0 Å². The van der Waals surface area contributed by atoms with E-state index in [-0.39, 0.29) is 0 Å². The number of carboxylic acid groups (broad SMARTS) is 1. The van der Waals surface area contributed by atoms with Crippen LogP contribution >= 0.6 is 0 Å². The molecule has 0 spiro atoms. The quantitative estimate of drug-likeness (QED) is 0.737. The standard InChI is InChI=1S/C18H14O2/c1-12-10-11-16(14-7-3-2-6-13(12)14)15-8-4-5-9-17(15)18(19)20/h2-11H,1H3,(H,19,20). The van der Waals surface area contributed by atoms with Crippen molar-refractivity contribution in [3.63, 3.8) is 0 Å². The van der Waals surface area contributed by atoms with Crippen LogP contribution in [0.15, 0.2) is 60.7 Å². The van der Waals surface area contributed by atoms with Gasteiger partial charge in [0.2, 0.25) is 0 Å². The maximum Gasteiger partial charge on any atom is 0.336 e. The van der Waals surface area contributed by atoms with E-state index < -0.39 is 5.97 Å². The summed E-state index contributed by atoms with van der Waals surface area (Å²) in [5, 5.41) is 11.6. The van der Waals surface area contributed by atoms with Crippen molar-refractivity contribution in [2.75, 3.05) is 0 Å². The van der Waals surface area contributed by atoms with E-state index in [0.29, 0.717) is 5.56 Å². The molecule has 0 atom stereocenters. The first-order valence-electron chi connectivity index (χ1n) is 6.49. The third kappa shape index (κ3) is 1.95. The Bertz CT molecular complexity index is 803. The van der Waals surface area contributed by atoms with Gasteiger partial charge in [-0.25, -0.2) is 4.79 Å². The van der Waals surface area contributed by atoms with Gasteiger partial charge in [0, 0.05) is 0 Å². The fraction of sp³-hybridized carbons (Fsp3) is 0.0556. The second-order valence-corrected chi connectivity index (χ2v) is 4.83. The zero-order chi connectivity index (χ0) is 14.1. The third-order valence-electron chi connectivity index (χ3n) is 3.59. The lowest BCUT2D eigenvalue weighted by molar-refractivity contribution is 0.0698. The van der Waals surface area contributed by atoms with Crippen LogP contribution in [0, 0.1) is 6.92 Å². The SMILES string of the molecule is Cc1ccc(-c2ccccc2C(=O)O)c2ccccc12. The zero-order valence-corrected chi connectivity index (χ0v) is 11.1. The predicted octanol–water partition coefficient (Wildman–Crippen LogP) is 4.51. The first-order valence-corrected chi connectivity index (χ1v) is 6.49. The fourth-order valence-electron chi connectivity index (χ4n) is 2.59. The molecule has 3 aromatic rings. The van der Waals surface area contributed by atoms with Gasteiger partial charge in [-0.3, -0.25) is 0 Å². The smallest absolute Gasteiger partial charge is 0.336 e. The topological polar surface area (TPSA) is 37.3 Å². The number of benzene rings is 3. The highest BCUT2D eigenvalue weighted by Crippen LogP contribution is 2.32. The average Bonchev–Trinajstić information content (AvgIpc) is 2.48. The van der Waals surface area contributed by atoms with Gasteiger partial charge >= 0.3 is 5.97 Å². The summed E-state index contributed by atoms with van der Waals surface area (Å²) in [5.41, 5.74) is 3.25. The predicted molar refractivity (Wildman–Crippen MR) is 81.1 cm³/mol. The second kappa shape index (κ2) is 4.82. The lowest BCUT2D eigenvalue weighted by Crippen LogP contribution is -1.99. The summed E-state index contributed by atoms with van der Waals surface area (Å²) in [5.74, 6) is -0.898. The van der Waals surface area contributed by atoms with E-state index in [0.717, 1.165) is 21.9 Å². The number of rotatable bonds is 2. The minimum Gasteiger partial charge on any atom is -0.478 e. The van der Waals surface area contributed by atoms with Gasteiger partial charge in [0.15, 0.2) is 0 Å². The Morgan fingerprint density at radius 2 is 1.45 bits per heavy atom. The number of aryl methyl sites for hydroxylation is 1. The van der Waals surface area contributed by atoms with Gasteiger partial charge < -0.3 is 5.11 Å². The Kier molecular flexibility index (Phi) is 2.99. The number of hydrogen-bond donors (Lipinski definition) is 1. The number of carboxylic acids is 1. The van der Waals surface area contributed by atoms with E-state index in [9.17, 15) is 9.90 Å². The van der Waals surface area contributed by atoms with Gasteiger partial charge in [-0.1, -0.05) is 54.6 Å². The van der Waals surface area contributed by atoms with Crippen LogP contribution in [0.1, 0.15) is 15.9 Å². The van der Waals surface area contributed by atoms with E-state index in [1.165, 1.54) is 5.56 Å².